The Kier molecular flexibility index (Phi) is 6.92. The third-order valence-electron chi connectivity index (χ3n) is 4.62. The first kappa shape index (κ1) is 19.2. The molecule has 0 aliphatic heterocycles. The van der Waals surface area contributed by atoms with E-state index in [0.29, 0.717) is 24.1 Å². The average Bonchev–Trinajstić information content (AvgIpc) is 3.31. The number of thiazole rings is 1. The summed E-state index contributed by atoms with van der Waals surface area (Å²) in [5, 5.41) is 3.59. The van der Waals surface area contributed by atoms with Gasteiger partial charge in [0.05, 0.1) is 12.2 Å². The Morgan fingerprint density at radius 1 is 1.38 bits per heavy atom. The molecule has 1 amide bonds. The summed E-state index contributed by atoms with van der Waals surface area (Å²) in [5.41, 5.74) is 0.944. The maximum atomic E-state index is 12.8. The van der Waals surface area contributed by atoms with Crippen molar-refractivity contribution < 1.29 is 9.53 Å². The lowest BCUT2D eigenvalue weighted by atomic mass is 10.1. The van der Waals surface area contributed by atoms with Gasteiger partial charge in [-0.25, -0.2) is 4.98 Å². The van der Waals surface area contributed by atoms with Crippen molar-refractivity contribution in [3.63, 3.8) is 0 Å². The number of amides is 1. The molecule has 4 nitrogen and oxygen atoms in total. The van der Waals surface area contributed by atoms with Crippen molar-refractivity contribution >= 4 is 28.8 Å². The van der Waals surface area contributed by atoms with E-state index in [0.717, 1.165) is 42.3 Å². The van der Waals surface area contributed by atoms with E-state index >= 15 is 0 Å². The van der Waals surface area contributed by atoms with Crippen LogP contribution in [0, 0.1) is 5.92 Å². The van der Waals surface area contributed by atoms with Crippen molar-refractivity contribution in [2.24, 2.45) is 5.92 Å². The molecule has 1 aliphatic carbocycles. The number of carbonyl (C=O) groups is 1. The van der Waals surface area contributed by atoms with E-state index in [1.54, 1.807) is 17.4 Å². The van der Waals surface area contributed by atoms with Gasteiger partial charge in [-0.3, -0.25) is 4.79 Å². The first-order valence-electron chi connectivity index (χ1n) is 9.26. The van der Waals surface area contributed by atoms with Gasteiger partial charge in [-0.1, -0.05) is 37.4 Å². The van der Waals surface area contributed by atoms with E-state index in [9.17, 15) is 4.79 Å². The smallest absolute Gasteiger partial charge is 0.226 e. The summed E-state index contributed by atoms with van der Waals surface area (Å²) in [5.74, 6) is 1.25. The van der Waals surface area contributed by atoms with Crippen LogP contribution in [0.4, 0.5) is 0 Å². The number of benzene rings is 1. The molecule has 6 heteroatoms. The quantitative estimate of drug-likeness (QED) is 0.611. The van der Waals surface area contributed by atoms with Crippen LogP contribution in [0.5, 0.6) is 5.75 Å². The lowest BCUT2D eigenvalue weighted by molar-refractivity contribution is -0.136. The standard InChI is InChI=1S/C20H25ClN2O2S/c1-2-10-23(20(24)15-6-3-4-7-15)12-17-14-26-19(22-17)13-25-18-9-5-8-16(21)11-18/h5,8-9,11,14-15H,2-4,6-7,10,12-13H2,1H3. The van der Waals surface area contributed by atoms with Crippen LogP contribution in [0.3, 0.4) is 0 Å². The molecule has 1 fully saturated rings. The Morgan fingerprint density at radius 2 is 2.19 bits per heavy atom. The highest BCUT2D eigenvalue weighted by Gasteiger charge is 2.27. The van der Waals surface area contributed by atoms with Crippen LogP contribution < -0.4 is 4.74 Å². The summed E-state index contributed by atoms with van der Waals surface area (Å²) in [6.07, 6.45) is 5.40. The molecule has 0 unspecified atom stereocenters. The first-order valence-corrected chi connectivity index (χ1v) is 10.5. The number of aromatic nitrogens is 1. The monoisotopic (exact) mass is 392 g/mol. The van der Waals surface area contributed by atoms with Gasteiger partial charge < -0.3 is 9.64 Å². The third-order valence-corrected chi connectivity index (χ3v) is 5.73. The van der Waals surface area contributed by atoms with Gasteiger partial charge in [0.1, 0.15) is 17.4 Å². The highest BCUT2D eigenvalue weighted by molar-refractivity contribution is 7.09. The molecule has 0 atom stereocenters. The number of hydrogen-bond acceptors (Lipinski definition) is 4. The molecule has 0 N–H and O–H groups in total. The fourth-order valence-corrected chi connectivity index (χ4v) is 4.23. The first-order chi connectivity index (χ1) is 12.7. The number of nitrogens with zero attached hydrogens (tertiary/aromatic N) is 2. The molecule has 0 spiro atoms. The second-order valence-corrected chi connectivity index (χ2v) is 8.10. The van der Waals surface area contributed by atoms with Gasteiger partial charge in [0.15, 0.2) is 0 Å². The Hall–Kier alpha value is -1.59. The molecule has 1 aromatic heterocycles. The highest BCUT2D eigenvalue weighted by atomic mass is 35.5. The maximum absolute atomic E-state index is 12.8. The van der Waals surface area contributed by atoms with Crippen LogP contribution in [0.1, 0.15) is 49.7 Å². The van der Waals surface area contributed by atoms with E-state index in [-0.39, 0.29) is 5.92 Å². The normalized spacial score (nSPS) is 14.5. The van der Waals surface area contributed by atoms with Gasteiger partial charge in [0.25, 0.3) is 0 Å². The summed E-state index contributed by atoms with van der Waals surface area (Å²) < 4.78 is 5.75. The zero-order valence-corrected chi connectivity index (χ0v) is 16.7. The van der Waals surface area contributed by atoms with E-state index in [1.165, 1.54) is 12.8 Å². The minimum absolute atomic E-state index is 0.214. The van der Waals surface area contributed by atoms with Crippen molar-refractivity contribution in [3.05, 3.63) is 45.4 Å². The van der Waals surface area contributed by atoms with Crippen molar-refractivity contribution in [1.29, 1.82) is 0 Å². The van der Waals surface area contributed by atoms with E-state index < -0.39 is 0 Å². The van der Waals surface area contributed by atoms with E-state index in [2.05, 4.69) is 11.9 Å². The summed E-state index contributed by atoms with van der Waals surface area (Å²) in [7, 11) is 0. The van der Waals surface area contributed by atoms with Crippen molar-refractivity contribution in [2.45, 2.75) is 52.2 Å². The van der Waals surface area contributed by atoms with Gasteiger partial charge in [0, 0.05) is 22.9 Å². The van der Waals surface area contributed by atoms with E-state index in [1.807, 2.05) is 28.5 Å². The molecule has 2 aromatic rings. The maximum Gasteiger partial charge on any atom is 0.226 e. The average molecular weight is 393 g/mol. The van der Waals surface area contributed by atoms with Crippen LogP contribution in [0.25, 0.3) is 0 Å². The van der Waals surface area contributed by atoms with Crippen molar-refractivity contribution in [1.82, 2.24) is 9.88 Å². The van der Waals surface area contributed by atoms with E-state index in [4.69, 9.17) is 16.3 Å². The van der Waals surface area contributed by atoms with Crippen LogP contribution in [-0.2, 0) is 17.9 Å². The van der Waals surface area contributed by atoms with Crippen LogP contribution >= 0.6 is 22.9 Å². The number of halogens is 1. The molecule has 0 radical (unpaired) electrons. The Morgan fingerprint density at radius 3 is 2.92 bits per heavy atom. The zero-order chi connectivity index (χ0) is 18.4. The Balaban J connectivity index is 1.57. The number of rotatable bonds is 8. The van der Waals surface area contributed by atoms with Crippen LogP contribution in [-0.4, -0.2) is 22.3 Å². The van der Waals surface area contributed by atoms with Crippen molar-refractivity contribution in [3.8, 4) is 5.75 Å². The lowest BCUT2D eigenvalue weighted by Gasteiger charge is -2.24. The number of carbonyl (C=O) groups excluding carboxylic acids is 1. The summed E-state index contributed by atoms with van der Waals surface area (Å²) >= 11 is 7.54. The minimum atomic E-state index is 0.214. The topological polar surface area (TPSA) is 42.4 Å². The van der Waals surface area contributed by atoms with Gasteiger partial charge >= 0.3 is 0 Å². The third kappa shape index (κ3) is 5.21. The van der Waals surface area contributed by atoms with Gasteiger partial charge in [-0.15, -0.1) is 11.3 Å². The molecule has 140 valence electrons. The predicted octanol–water partition coefficient (Wildman–Crippen LogP) is 5.30. The number of hydrogen-bond donors (Lipinski definition) is 0. The molecule has 1 heterocycles. The minimum Gasteiger partial charge on any atom is -0.486 e. The van der Waals surface area contributed by atoms with Gasteiger partial charge in [-0.2, -0.15) is 0 Å². The van der Waals surface area contributed by atoms with Crippen LogP contribution in [0.15, 0.2) is 29.6 Å². The number of ether oxygens (including phenoxy) is 1. The largest absolute Gasteiger partial charge is 0.486 e. The molecule has 1 aromatic carbocycles. The molecular weight excluding hydrogens is 368 g/mol. The van der Waals surface area contributed by atoms with Gasteiger partial charge in [-0.05, 0) is 37.5 Å². The van der Waals surface area contributed by atoms with Crippen molar-refractivity contribution in [2.75, 3.05) is 6.54 Å². The lowest BCUT2D eigenvalue weighted by Crippen LogP contribution is -2.35. The highest BCUT2D eigenvalue weighted by Crippen LogP contribution is 2.27. The summed E-state index contributed by atoms with van der Waals surface area (Å²) in [6, 6.07) is 7.35. The summed E-state index contributed by atoms with van der Waals surface area (Å²) in [4.78, 5) is 19.4. The van der Waals surface area contributed by atoms with Crippen LogP contribution in [0.2, 0.25) is 5.02 Å². The Labute approximate surface area is 164 Å². The molecule has 1 saturated carbocycles. The predicted molar refractivity (Wildman–Crippen MR) is 106 cm³/mol. The molecule has 0 saturated heterocycles. The molecule has 26 heavy (non-hydrogen) atoms. The molecular formula is C20H25ClN2O2S. The van der Waals surface area contributed by atoms with Gasteiger partial charge in [0.2, 0.25) is 5.91 Å². The zero-order valence-electron chi connectivity index (χ0n) is 15.1. The molecule has 3 rings (SSSR count). The Bertz CT molecular complexity index is 728. The molecule has 1 aliphatic rings. The second kappa shape index (κ2) is 9.38. The fraction of sp³-hybridized carbons (Fsp3) is 0.500. The summed E-state index contributed by atoms with van der Waals surface area (Å²) in [6.45, 7) is 3.91. The second-order valence-electron chi connectivity index (χ2n) is 6.72. The SMILES string of the molecule is CCCN(Cc1csc(COc2cccc(Cl)c2)n1)C(=O)C1CCCC1. The molecule has 0 bridgehead atoms. The fourth-order valence-electron chi connectivity index (χ4n) is 3.35.